The van der Waals surface area contributed by atoms with Crippen LogP contribution in [0.1, 0.15) is 51.3 Å². The lowest BCUT2D eigenvalue weighted by molar-refractivity contribution is 0.591. The second kappa shape index (κ2) is 11.3. The summed E-state index contributed by atoms with van der Waals surface area (Å²) in [6.07, 6.45) is 0. The first-order valence-electron chi connectivity index (χ1n) is 20.4. The predicted octanol–water partition coefficient (Wildman–Crippen LogP) is 16.1. The standard InChI is InChI=1S/C57H42/c1-56(2,3)43-29-41-15-14-36-16-22-44(49-27-21-42(30-43)53(41)55(36)49)39-11-7-10-37(28-39)38-19-24-46-47-25-20-40(32-51(47)57(4,5)50(46)31-38)45-23-17-35-13-12-33-8-6-9-34-18-26-48(45)54(35)52(33)34/h6-32H,1-5H3. The van der Waals surface area contributed by atoms with Gasteiger partial charge in [0.05, 0.1) is 0 Å². The Morgan fingerprint density at radius 2 is 0.737 bits per heavy atom. The fraction of sp³-hybridized carbons (Fsp3) is 0.123. The monoisotopic (exact) mass is 726 g/mol. The highest BCUT2D eigenvalue weighted by molar-refractivity contribution is 6.27. The van der Waals surface area contributed by atoms with Gasteiger partial charge in [0.2, 0.25) is 0 Å². The van der Waals surface area contributed by atoms with Crippen LogP contribution in [0.5, 0.6) is 0 Å². The first-order valence-corrected chi connectivity index (χ1v) is 20.4. The minimum Gasteiger partial charge on any atom is -0.0610 e. The van der Waals surface area contributed by atoms with Crippen molar-refractivity contribution in [3.8, 4) is 44.5 Å². The summed E-state index contributed by atoms with van der Waals surface area (Å²) >= 11 is 0. The lowest BCUT2D eigenvalue weighted by atomic mass is 9.80. The van der Waals surface area contributed by atoms with Crippen LogP contribution in [-0.2, 0) is 10.8 Å². The van der Waals surface area contributed by atoms with Crippen molar-refractivity contribution in [2.24, 2.45) is 0 Å². The molecule has 0 saturated carbocycles. The number of hydrogen-bond acceptors (Lipinski definition) is 0. The first kappa shape index (κ1) is 32.7. The molecule has 11 aromatic rings. The van der Waals surface area contributed by atoms with Gasteiger partial charge < -0.3 is 0 Å². The quantitative estimate of drug-likeness (QED) is 0.159. The molecule has 0 heterocycles. The number of benzene rings is 11. The Labute approximate surface area is 333 Å². The van der Waals surface area contributed by atoms with Gasteiger partial charge in [0.25, 0.3) is 0 Å². The predicted molar refractivity (Wildman–Crippen MR) is 246 cm³/mol. The van der Waals surface area contributed by atoms with Crippen LogP contribution in [0.25, 0.3) is 109 Å². The maximum absolute atomic E-state index is 2.47. The van der Waals surface area contributed by atoms with E-state index in [1.165, 1.54) is 126 Å². The number of fused-ring (bicyclic) bond motifs is 3. The number of hydrogen-bond donors (Lipinski definition) is 0. The van der Waals surface area contributed by atoms with E-state index in [9.17, 15) is 0 Å². The zero-order chi connectivity index (χ0) is 38.4. The van der Waals surface area contributed by atoms with Crippen LogP contribution in [-0.4, -0.2) is 0 Å². The van der Waals surface area contributed by atoms with Gasteiger partial charge in [-0.3, -0.25) is 0 Å². The summed E-state index contributed by atoms with van der Waals surface area (Å²) in [6.45, 7) is 11.7. The molecule has 0 spiro atoms. The third-order valence-electron chi connectivity index (χ3n) is 13.5. The van der Waals surface area contributed by atoms with Crippen LogP contribution < -0.4 is 0 Å². The van der Waals surface area contributed by atoms with Crippen LogP contribution in [0.2, 0.25) is 0 Å². The molecular weight excluding hydrogens is 685 g/mol. The van der Waals surface area contributed by atoms with Crippen LogP contribution in [0.4, 0.5) is 0 Å². The highest BCUT2D eigenvalue weighted by Gasteiger charge is 2.36. The highest BCUT2D eigenvalue weighted by Crippen LogP contribution is 2.52. The van der Waals surface area contributed by atoms with Crippen molar-refractivity contribution in [2.75, 3.05) is 0 Å². The van der Waals surface area contributed by atoms with Crippen molar-refractivity contribution in [1.82, 2.24) is 0 Å². The zero-order valence-electron chi connectivity index (χ0n) is 33.1. The van der Waals surface area contributed by atoms with Gasteiger partial charge in [-0.2, -0.15) is 0 Å². The van der Waals surface area contributed by atoms with Crippen molar-refractivity contribution in [3.05, 3.63) is 180 Å². The molecule has 57 heavy (non-hydrogen) atoms. The van der Waals surface area contributed by atoms with E-state index in [0.717, 1.165) is 0 Å². The van der Waals surface area contributed by atoms with E-state index in [1.807, 2.05) is 0 Å². The van der Waals surface area contributed by atoms with E-state index < -0.39 is 0 Å². The molecule has 0 fully saturated rings. The zero-order valence-corrected chi connectivity index (χ0v) is 33.1. The smallest absolute Gasteiger partial charge is 0.0159 e. The average molecular weight is 727 g/mol. The molecule has 12 rings (SSSR count). The molecule has 0 nitrogen and oxygen atoms in total. The second-order valence-electron chi connectivity index (χ2n) is 18.1. The SMILES string of the molecule is CC(C)(C)c1cc2ccc3ccc(-c4cccc(-c5ccc6c(c5)C(C)(C)c5cc(-c7ccc8ccc9cccc%10ccc7c8c9%10)ccc5-6)c4)c4ccc(c1)c2c34. The third-order valence-corrected chi connectivity index (χ3v) is 13.5. The highest BCUT2D eigenvalue weighted by atomic mass is 14.4. The lowest BCUT2D eigenvalue weighted by Crippen LogP contribution is -2.15. The molecule has 1 aliphatic carbocycles. The largest absolute Gasteiger partial charge is 0.0610 e. The van der Waals surface area contributed by atoms with Crippen molar-refractivity contribution in [1.29, 1.82) is 0 Å². The molecule has 0 heteroatoms. The summed E-state index contributed by atoms with van der Waals surface area (Å²) in [5, 5.41) is 16.0. The molecule has 11 aromatic carbocycles. The molecule has 0 radical (unpaired) electrons. The Hall–Kier alpha value is -6.50. The van der Waals surface area contributed by atoms with Gasteiger partial charge >= 0.3 is 0 Å². The molecule has 0 aromatic heterocycles. The van der Waals surface area contributed by atoms with Crippen molar-refractivity contribution < 1.29 is 0 Å². The molecular formula is C57H42. The molecule has 270 valence electrons. The van der Waals surface area contributed by atoms with Gasteiger partial charge in [0, 0.05) is 5.41 Å². The van der Waals surface area contributed by atoms with Gasteiger partial charge in [-0.15, -0.1) is 0 Å². The van der Waals surface area contributed by atoms with E-state index in [2.05, 4.69) is 198 Å². The summed E-state index contributed by atoms with van der Waals surface area (Å²) in [5.41, 5.74) is 14.4. The average Bonchev–Trinajstić information content (AvgIpc) is 3.46. The summed E-state index contributed by atoms with van der Waals surface area (Å²) in [5.74, 6) is 0. The summed E-state index contributed by atoms with van der Waals surface area (Å²) < 4.78 is 0. The van der Waals surface area contributed by atoms with E-state index in [4.69, 9.17) is 0 Å². The van der Waals surface area contributed by atoms with E-state index in [-0.39, 0.29) is 10.8 Å². The van der Waals surface area contributed by atoms with Gasteiger partial charge in [0.15, 0.2) is 0 Å². The van der Waals surface area contributed by atoms with Crippen molar-refractivity contribution >= 4 is 64.6 Å². The van der Waals surface area contributed by atoms with Crippen LogP contribution in [0.15, 0.2) is 164 Å². The molecule has 0 N–H and O–H groups in total. The van der Waals surface area contributed by atoms with Gasteiger partial charge in [-0.05, 0) is 149 Å². The Balaban J connectivity index is 0.939. The second-order valence-corrected chi connectivity index (χ2v) is 18.1. The molecule has 0 amide bonds. The van der Waals surface area contributed by atoms with Crippen LogP contribution in [0, 0.1) is 0 Å². The van der Waals surface area contributed by atoms with E-state index in [1.54, 1.807) is 0 Å². The van der Waals surface area contributed by atoms with Gasteiger partial charge in [-0.1, -0.05) is 180 Å². The van der Waals surface area contributed by atoms with E-state index in [0.29, 0.717) is 0 Å². The fourth-order valence-electron chi connectivity index (χ4n) is 10.4. The molecule has 0 unspecified atom stereocenters. The maximum Gasteiger partial charge on any atom is 0.0159 e. The Bertz CT molecular complexity index is 3420. The fourth-order valence-corrected chi connectivity index (χ4v) is 10.4. The molecule has 0 saturated heterocycles. The first-order chi connectivity index (χ1) is 27.6. The summed E-state index contributed by atoms with van der Waals surface area (Å²) in [4.78, 5) is 0. The number of rotatable bonds is 3. The minimum atomic E-state index is -0.142. The van der Waals surface area contributed by atoms with Crippen molar-refractivity contribution in [3.63, 3.8) is 0 Å². The normalized spacial score (nSPS) is 13.8. The van der Waals surface area contributed by atoms with E-state index >= 15 is 0 Å². The Morgan fingerprint density at radius 3 is 1.35 bits per heavy atom. The van der Waals surface area contributed by atoms with Crippen LogP contribution in [0.3, 0.4) is 0 Å². The summed E-state index contributed by atoms with van der Waals surface area (Å²) in [7, 11) is 0. The third kappa shape index (κ3) is 4.62. The summed E-state index contributed by atoms with van der Waals surface area (Å²) in [6, 6.07) is 62.7. The minimum absolute atomic E-state index is 0.0979. The lowest BCUT2D eigenvalue weighted by Gasteiger charge is -2.23. The molecule has 0 aliphatic heterocycles. The van der Waals surface area contributed by atoms with Gasteiger partial charge in [-0.25, -0.2) is 0 Å². The molecule has 0 atom stereocenters. The molecule has 0 bridgehead atoms. The Morgan fingerprint density at radius 1 is 0.333 bits per heavy atom. The van der Waals surface area contributed by atoms with Crippen molar-refractivity contribution in [2.45, 2.75) is 45.4 Å². The topological polar surface area (TPSA) is 0 Å². The van der Waals surface area contributed by atoms with Crippen LogP contribution >= 0.6 is 0 Å². The van der Waals surface area contributed by atoms with Gasteiger partial charge in [0.1, 0.15) is 0 Å². The Kier molecular flexibility index (Phi) is 6.49. The molecule has 1 aliphatic rings. The maximum atomic E-state index is 2.47.